The molecule has 0 aromatic carbocycles. The van der Waals surface area contributed by atoms with Crippen molar-refractivity contribution in [3.8, 4) is 5.88 Å². The van der Waals surface area contributed by atoms with Crippen LogP contribution in [0, 0.1) is 10.1 Å². The molecular formula is C11H15ClN4O3. The van der Waals surface area contributed by atoms with E-state index in [-0.39, 0.29) is 16.7 Å². The molecule has 8 heteroatoms. The third kappa shape index (κ3) is 3.30. The summed E-state index contributed by atoms with van der Waals surface area (Å²) >= 11 is 5.67. The van der Waals surface area contributed by atoms with E-state index in [4.69, 9.17) is 16.3 Å². The van der Waals surface area contributed by atoms with Gasteiger partial charge in [0.1, 0.15) is 6.33 Å². The lowest BCUT2D eigenvalue weighted by Crippen LogP contribution is -2.26. The molecule has 1 aromatic rings. The summed E-state index contributed by atoms with van der Waals surface area (Å²) in [5.41, 5.74) is -0.371. The highest BCUT2D eigenvalue weighted by atomic mass is 35.5. The third-order valence-electron chi connectivity index (χ3n) is 3.29. The van der Waals surface area contributed by atoms with Gasteiger partial charge in [0, 0.05) is 6.04 Å². The molecule has 1 fully saturated rings. The highest BCUT2D eigenvalue weighted by molar-refractivity contribution is 6.31. The predicted octanol–water partition coefficient (Wildman–Crippen LogP) is 1.90. The largest absolute Gasteiger partial charge is 0.473 e. The average Bonchev–Trinajstić information content (AvgIpc) is 2.75. The molecule has 2 heterocycles. The number of ether oxygens (including phenoxy) is 1. The van der Waals surface area contributed by atoms with E-state index in [0.29, 0.717) is 12.6 Å². The molecule has 19 heavy (non-hydrogen) atoms. The lowest BCUT2D eigenvalue weighted by Gasteiger charge is -2.18. The Labute approximate surface area is 115 Å². The standard InChI is InChI=1S/C11H15ClN4O3/c1-15-5-2-3-8(15)4-6-19-11-9(16(17)18)10(12)13-7-14-11/h7-8H,2-6H2,1H3. The second-order valence-corrected chi connectivity index (χ2v) is 4.85. The fraction of sp³-hybridized carbons (Fsp3) is 0.636. The van der Waals surface area contributed by atoms with Crippen molar-refractivity contribution >= 4 is 17.3 Å². The number of halogens is 1. The van der Waals surface area contributed by atoms with Crippen molar-refractivity contribution in [3.05, 3.63) is 21.6 Å². The predicted molar refractivity (Wildman–Crippen MR) is 69.5 cm³/mol. The second kappa shape index (κ2) is 6.12. The summed E-state index contributed by atoms with van der Waals surface area (Å²) in [5.74, 6) is -0.0642. The summed E-state index contributed by atoms with van der Waals surface area (Å²) in [4.78, 5) is 19.9. The van der Waals surface area contributed by atoms with Crippen LogP contribution in [0.15, 0.2) is 6.33 Å². The molecule has 1 aliphatic rings. The van der Waals surface area contributed by atoms with E-state index in [1.807, 2.05) is 0 Å². The maximum Gasteiger partial charge on any atom is 0.367 e. The summed E-state index contributed by atoms with van der Waals surface area (Å²) in [6, 6.07) is 0.469. The average molecular weight is 287 g/mol. The van der Waals surface area contributed by atoms with Crippen LogP contribution in [0.1, 0.15) is 19.3 Å². The molecule has 1 aliphatic heterocycles. The monoisotopic (exact) mass is 286 g/mol. The number of rotatable bonds is 5. The van der Waals surface area contributed by atoms with Crippen molar-refractivity contribution in [2.75, 3.05) is 20.2 Å². The van der Waals surface area contributed by atoms with Gasteiger partial charge in [0.05, 0.1) is 11.5 Å². The minimum absolute atomic E-state index is 0.0642. The molecule has 0 aliphatic carbocycles. The van der Waals surface area contributed by atoms with Crippen LogP contribution in [0.5, 0.6) is 5.88 Å². The van der Waals surface area contributed by atoms with Crippen LogP contribution < -0.4 is 4.74 Å². The Balaban J connectivity index is 1.96. The summed E-state index contributed by atoms with van der Waals surface area (Å²) in [6.45, 7) is 1.47. The van der Waals surface area contributed by atoms with E-state index in [0.717, 1.165) is 25.7 Å². The van der Waals surface area contributed by atoms with Gasteiger partial charge >= 0.3 is 5.69 Å². The van der Waals surface area contributed by atoms with Crippen molar-refractivity contribution < 1.29 is 9.66 Å². The van der Waals surface area contributed by atoms with E-state index in [2.05, 4.69) is 21.9 Å². The minimum Gasteiger partial charge on any atom is -0.473 e. The van der Waals surface area contributed by atoms with Gasteiger partial charge in [-0.3, -0.25) is 10.1 Å². The van der Waals surface area contributed by atoms with Crippen LogP contribution in [0.25, 0.3) is 0 Å². The van der Waals surface area contributed by atoms with Crippen LogP contribution >= 0.6 is 11.6 Å². The molecular weight excluding hydrogens is 272 g/mol. The van der Waals surface area contributed by atoms with Gasteiger partial charge in [0.15, 0.2) is 0 Å². The number of nitrogens with zero attached hydrogens (tertiary/aromatic N) is 4. The summed E-state index contributed by atoms with van der Waals surface area (Å²) < 4.78 is 5.39. The summed E-state index contributed by atoms with van der Waals surface area (Å²) in [6.07, 6.45) is 4.29. The van der Waals surface area contributed by atoms with E-state index in [9.17, 15) is 10.1 Å². The van der Waals surface area contributed by atoms with Crippen molar-refractivity contribution in [2.45, 2.75) is 25.3 Å². The highest BCUT2D eigenvalue weighted by Crippen LogP contribution is 2.30. The van der Waals surface area contributed by atoms with Crippen LogP contribution in [-0.4, -0.2) is 46.0 Å². The molecule has 1 atom stereocenters. The second-order valence-electron chi connectivity index (χ2n) is 4.49. The van der Waals surface area contributed by atoms with Gasteiger partial charge in [-0.15, -0.1) is 0 Å². The topological polar surface area (TPSA) is 81.4 Å². The van der Waals surface area contributed by atoms with Crippen LogP contribution in [-0.2, 0) is 0 Å². The van der Waals surface area contributed by atoms with E-state index < -0.39 is 4.92 Å². The lowest BCUT2D eigenvalue weighted by atomic mass is 10.1. The molecule has 0 amide bonds. The first-order valence-corrected chi connectivity index (χ1v) is 6.45. The highest BCUT2D eigenvalue weighted by Gasteiger charge is 2.24. The molecule has 7 nitrogen and oxygen atoms in total. The van der Waals surface area contributed by atoms with Crippen LogP contribution in [0.2, 0.25) is 5.15 Å². The Morgan fingerprint density at radius 2 is 2.42 bits per heavy atom. The zero-order valence-corrected chi connectivity index (χ0v) is 11.3. The van der Waals surface area contributed by atoms with Gasteiger partial charge in [0.2, 0.25) is 5.15 Å². The Kier molecular flexibility index (Phi) is 4.49. The smallest absolute Gasteiger partial charge is 0.367 e. The molecule has 0 saturated carbocycles. The first-order valence-electron chi connectivity index (χ1n) is 6.07. The van der Waals surface area contributed by atoms with Crippen molar-refractivity contribution in [1.29, 1.82) is 0 Å². The Morgan fingerprint density at radius 3 is 3.05 bits per heavy atom. The Bertz CT molecular complexity index is 471. The van der Waals surface area contributed by atoms with Crippen molar-refractivity contribution in [1.82, 2.24) is 14.9 Å². The van der Waals surface area contributed by atoms with Gasteiger partial charge in [0.25, 0.3) is 5.88 Å². The SMILES string of the molecule is CN1CCCC1CCOc1ncnc(Cl)c1[N+](=O)[O-]. The molecule has 0 spiro atoms. The van der Waals surface area contributed by atoms with E-state index in [1.54, 1.807) is 0 Å². The molecule has 1 saturated heterocycles. The molecule has 104 valence electrons. The lowest BCUT2D eigenvalue weighted by molar-refractivity contribution is -0.386. The zero-order valence-electron chi connectivity index (χ0n) is 10.6. The maximum atomic E-state index is 10.9. The number of hydrogen-bond donors (Lipinski definition) is 0. The van der Waals surface area contributed by atoms with Gasteiger partial charge < -0.3 is 9.64 Å². The molecule has 0 bridgehead atoms. The summed E-state index contributed by atoms with van der Waals surface area (Å²) in [5, 5.41) is 10.7. The van der Waals surface area contributed by atoms with Gasteiger partial charge in [-0.2, -0.15) is 4.98 Å². The first-order chi connectivity index (χ1) is 9.09. The number of likely N-dealkylation sites (tertiary alicyclic amines) is 1. The molecule has 1 unspecified atom stereocenters. The normalized spacial score (nSPS) is 19.6. The maximum absolute atomic E-state index is 10.9. The Morgan fingerprint density at radius 1 is 1.63 bits per heavy atom. The fourth-order valence-corrected chi connectivity index (χ4v) is 2.43. The number of aromatic nitrogens is 2. The summed E-state index contributed by atoms with van der Waals surface area (Å²) in [7, 11) is 2.07. The van der Waals surface area contributed by atoms with Gasteiger partial charge in [-0.1, -0.05) is 11.6 Å². The zero-order chi connectivity index (χ0) is 13.8. The quantitative estimate of drug-likeness (QED) is 0.467. The molecule has 2 rings (SSSR count). The Hall–Kier alpha value is -1.47. The molecule has 0 N–H and O–H groups in total. The third-order valence-corrected chi connectivity index (χ3v) is 3.56. The van der Waals surface area contributed by atoms with Crippen molar-refractivity contribution in [3.63, 3.8) is 0 Å². The number of hydrogen-bond acceptors (Lipinski definition) is 6. The van der Waals surface area contributed by atoms with Crippen molar-refractivity contribution in [2.24, 2.45) is 0 Å². The number of nitro groups is 1. The van der Waals surface area contributed by atoms with Gasteiger partial charge in [-0.25, -0.2) is 4.98 Å². The van der Waals surface area contributed by atoms with Gasteiger partial charge in [-0.05, 0) is 32.9 Å². The fourth-order valence-electron chi connectivity index (χ4n) is 2.24. The van der Waals surface area contributed by atoms with E-state index in [1.165, 1.54) is 6.42 Å². The first kappa shape index (κ1) is 14.0. The van der Waals surface area contributed by atoms with Crippen LogP contribution in [0.4, 0.5) is 5.69 Å². The minimum atomic E-state index is -0.626. The molecule has 0 radical (unpaired) electrons. The van der Waals surface area contributed by atoms with Crippen LogP contribution in [0.3, 0.4) is 0 Å². The molecule has 1 aromatic heterocycles. The van der Waals surface area contributed by atoms with E-state index >= 15 is 0 Å².